The molecule has 3 rings (SSSR count). The molecule has 0 amide bonds. The van der Waals surface area contributed by atoms with Crippen LogP contribution in [0.25, 0.3) is 0 Å². The summed E-state index contributed by atoms with van der Waals surface area (Å²) in [5.74, 6) is 0.391. The van der Waals surface area contributed by atoms with Crippen molar-refractivity contribution in [1.82, 2.24) is 4.90 Å². The number of benzene rings is 1. The Labute approximate surface area is 120 Å². The molecule has 0 saturated carbocycles. The van der Waals surface area contributed by atoms with E-state index < -0.39 is 0 Å². The molecule has 108 valence electrons. The molecule has 0 aliphatic carbocycles. The Balaban J connectivity index is 1.47. The lowest BCUT2D eigenvalue weighted by Crippen LogP contribution is -2.33. The molecule has 2 atom stereocenters. The zero-order chi connectivity index (χ0) is 13.8. The second-order valence-electron chi connectivity index (χ2n) is 5.72. The number of hydrogen-bond donors (Lipinski definition) is 1. The van der Waals surface area contributed by atoms with E-state index in [0.29, 0.717) is 18.6 Å². The van der Waals surface area contributed by atoms with Crippen molar-refractivity contribution >= 4 is 0 Å². The first-order valence-corrected chi connectivity index (χ1v) is 7.56. The lowest BCUT2D eigenvalue weighted by Gasteiger charge is -2.27. The van der Waals surface area contributed by atoms with E-state index in [2.05, 4.69) is 23.1 Å². The summed E-state index contributed by atoms with van der Waals surface area (Å²) in [5.41, 5.74) is 2.66. The maximum absolute atomic E-state index is 9.53. The van der Waals surface area contributed by atoms with E-state index in [1.54, 1.807) is 0 Å². The Morgan fingerprint density at radius 3 is 2.90 bits per heavy atom. The van der Waals surface area contributed by atoms with E-state index in [1.807, 2.05) is 18.2 Å². The lowest BCUT2D eigenvalue weighted by molar-refractivity contribution is 0.0858. The Hall–Kier alpha value is -1.32. The molecule has 20 heavy (non-hydrogen) atoms. The van der Waals surface area contributed by atoms with Crippen molar-refractivity contribution in [3.63, 3.8) is 0 Å². The van der Waals surface area contributed by atoms with E-state index in [0.717, 1.165) is 32.4 Å². The van der Waals surface area contributed by atoms with Crippen molar-refractivity contribution in [3.8, 4) is 0 Å². The standard InChI is InChI=1S/C17H23NO2/c19-12-15-11-16-7-4-9-18(16)17(15)8-10-20-13-14-5-2-1-3-6-14/h1-3,5-7,15,17,19H,4,8-13H2/t15-,17+/m1/s1. The van der Waals surface area contributed by atoms with Crippen LogP contribution >= 0.6 is 0 Å². The summed E-state index contributed by atoms with van der Waals surface area (Å²) in [4.78, 5) is 2.48. The molecule has 1 N–H and O–H groups in total. The highest BCUT2D eigenvalue weighted by Crippen LogP contribution is 2.37. The second-order valence-corrected chi connectivity index (χ2v) is 5.72. The molecule has 0 aromatic heterocycles. The molecule has 0 unspecified atom stereocenters. The number of aliphatic hydroxyl groups excluding tert-OH is 1. The van der Waals surface area contributed by atoms with Crippen molar-refractivity contribution in [2.45, 2.75) is 31.9 Å². The van der Waals surface area contributed by atoms with Gasteiger partial charge in [0.1, 0.15) is 0 Å². The van der Waals surface area contributed by atoms with Crippen molar-refractivity contribution in [2.24, 2.45) is 5.92 Å². The fraction of sp³-hybridized carbons (Fsp3) is 0.529. The third-order valence-corrected chi connectivity index (χ3v) is 4.44. The molecular formula is C17H23NO2. The van der Waals surface area contributed by atoms with Gasteiger partial charge in [-0.3, -0.25) is 0 Å². The van der Waals surface area contributed by atoms with Crippen LogP contribution in [0, 0.1) is 5.92 Å². The average molecular weight is 273 g/mol. The van der Waals surface area contributed by atoms with Gasteiger partial charge in [-0.15, -0.1) is 0 Å². The first kappa shape index (κ1) is 13.7. The number of rotatable bonds is 6. The molecule has 1 fully saturated rings. The number of ether oxygens (including phenoxy) is 1. The fourth-order valence-corrected chi connectivity index (χ4v) is 3.42. The topological polar surface area (TPSA) is 32.7 Å². The van der Waals surface area contributed by atoms with Crippen LogP contribution in [-0.4, -0.2) is 35.8 Å². The molecule has 1 saturated heterocycles. The third kappa shape index (κ3) is 2.89. The molecule has 3 heteroatoms. The molecule has 3 nitrogen and oxygen atoms in total. The normalized spacial score (nSPS) is 24.9. The van der Waals surface area contributed by atoms with Crippen molar-refractivity contribution in [3.05, 3.63) is 47.7 Å². The van der Waals surface area contributed by atoms with Gasteiger partial charge in [0.25, 0.3) is 0 Å². The SMILES string of the molecule is OC[C@H]1CC2=CCCN2[C@H]1CCOCc1ccccc1. The molecule has 2 aliphatic heterocycles. The van der Waals surface area contributed by atoms with E-state index in [4.69, 9.17) is 4.74 Å². The van der Waals surface area contributed by atoms with Gasteiger partial charge in [-0.05, 0) is 24.8 Å². The first-order chi connectivity index (χ1) is 9.88. The molecule has 2 heterocycles. The number of aliphatic hydroxyl groups is 1. The van der Waals surface area contributed by atoms with Gasteiger partial charge in [0.05, 0.1) is 6.61 Å². The molecule has 0 spiro atoms. The third-order valence-electron chi connectivity index (χ3n) is 4.44. The Morgan fingerprint density at radius 1 is 1.25 bits per heavy atom. The predicted octanol–water partition coefficient (Wildman–Crippen LogP) is 2.56. The van der Waals surface area contributed by atoms with Crippen LogP contribution in [0.2, 0.25) is 0 Å². The minimum Gasteiger partial charge on any atom is -0.396 e. The number of allylic oxidation sites excluding steroid dienone is 1. The zero-order valence-electron chi connectivity index (χ0n) is 11.9. The summed E-state index contributed by atoms with van der Waals surface area (Å²) < 4.78 is 5.80. The molecule has 0 bridgehead atoms. The molecule has 0 radical (unpaired) electrons. The number of hydrogen-bond acceptors (Lipinski definition) is 3. The van der Waals surface area contributed by atoms with Crippen molar-refractivity contribution in [1.29, 1.82) is 0 Å². The largest absolute Gasteiger partial charge is 0.396 e. The summed E-state index contributed by atoms with van der Waals surface area (Å²) >= 11 is 0. The van der Waals surface area contributed by atoms with Crippen molar-refractivity contribution in [2.75, 3.05) is 19.8 Å². The van der Waals surface area contributed by atoms with Gasteiger partial charge in [0.2, 0.25) is 0 Å². The fourth-order valence-electron chi connectivity index (χ4n) is 3.42. The maximum atomic E-state index is 9.53. The van der Waals surface area contributed by atoms with Gasteiger partial charge in [-0.1, -0.05) is 36.4 Å². The second kappa shape index (κ2) is 6.42. The van der Waals surface area contributed by atoms with Crippen molar-refractivity contribution < 1.29 is 9.84 Å². The highest BCUT2D eigenvalue weighted by molar-refractivity contribution is 5.17. The summed E-state index contributed by atoms with van der Waals surface area (Å²) in [5, 5.41) is 9.53. The van der Waals surface area contributed by atoms with Crippen LogP contribution in [0.15, 0.2) is 42.1 Å². The van der Waals surface area contributed by atoms with Gasteiger partial charge >= 0.3 is 0 Å². The number of nitrogens with zero attached hydrogens (tertiary/aromatic N) is 1. The maximum Gasteiger partial charge on any atom is 0.0716 e. The van der Waals surface area contributed by atoms with Crippen LogP contribution in [0.4, 0.5) is 0 Å². The summed E-state index contributed by atoms with van der Waals surface area (Å²) in [6, 6.07) is 10.7. The van der Waals surface area contributed by atoms with Crippen LogP contribution in [0.3, 0.4) is 0 Å². The Bertz CT molecular complexity index is 457. The van der Waals surface area contributed by atoms with E-state index in [9.17, 15) is 5.11 Å². The zero-order valence-corrected chi connectivity index (χ0v) is 11.9. The molecule has 1 aromatic carbocycles. The summed E-state index contributed by atoms with van der Waals surface area (Å²) in [6.07, 6.45) is 5.54. The van der Waals surface area contributed by atoms with E-state index in [1.165, 1.54) is 11.3 Å². The summed E-state index contributed by atoms with van der Waals surface area (Å²) in [7, 11) is 0. The Kier molecular flexibility index (Phi) is 4.38. The minimum absolute atomic E-state index is 0.289. The quantitative estimate of drug-likeness (QED) is 0.809. The predicted molar refractivity (Wildman–Crippen MR) is 79.1 cm³/mol. The summed E-state index contributed by atoms with van der Waals surface area (Å²) in [6.45, 7) is 2.85. The van der Waals surface area contributed by atoms with Crippen LogP contribution < -0.4 is 0 Å². The molecule has 1 aromatic rings. The first-order valence-electron chi connectivity index (χ1n) is 7.56. The monoisotopic (exact) mass is 273 g/mol. The average Bonchev–Trinajstić information content (AvgIpc) is 3.06. The van der Waals surface area contributed by atoms with Crippen LogP contribution in [-0.2, 0) is 11.3 Å². The van der Waals surface area contributed by atoms with Gasteiger partial charge in [-0.25, -0.2) is 0 Å². The highest BCUT2D eigenvalue weighted by Gasteiger charge is 2.37. The van der Waals surface area contributed by atoms with Gasteiger partial charge in [0, 0.05) is 37.4 Å². The van der Waals surface area contributed by atoms with Crippen LogP contribution in [0.1, 0.15) is 24.8 Å². The molecular weight excluding hydrogens is 250 g/mol. The lowest BCUT2D eigenvalue weighted by atomic mass is 9.98. The van der Waals surface area contributed by atoms with E-state index in [-0.39, 0.29) is 6.61 Å². The Morgan fingerprint density at radius 2 is 2.10 bits per heavy atom. The molecule has 2 aliphatic rings. The van der Waals surface area contributed by atoms with Crippen LogP contribution in [0.5, 0.6) is 0 Å². The smallest absolute Gasteiger partial charge is 0.0716 e. The van der Waals surface area contributed by atoms with E-state index >= 15 is 0 Å². The number of fused-ring (bicyclic) bond motifs is 1. The van der Waals surface area contributed by atoms with Gasteiger partial charge in [-0.2, -0.15) is 0 Å². The minimum atomic E-state index is 0.289. The highest BCUT2D eigenvalue weighted by atomic mass is 16.5. The van der Waals surface area contributed by atoms with Gasteiger partial charge in [0.15, 0.2) is 0 Å². The van der Waals surface area contributed by atoms with Gasteiger partial charge < -0.3 is 14.7 Å².